The standard InChI is InChI=1S/C30H22BrN/c1-21-20-32-30(27-16-26(17-28(31)18-27)23-10-6-3-7-11-23)19-29(21)25-14-12-24(13-15-25)22-8-4-2-5-9-22/h2-20H,1H3. The molecule has 1 nitrogen and oxygen atoms in total. The third-order valence-electron chi connectivity index (χ3n) is 5.71. The fourth-order valence-electron chi connectivity index (χ4n) is 4.00. The van der Waals surface area contributed by atoms with Gasteiger partial charge in [0.25, 0.3) is 0 Å². The summed E-state index contributed by atoms with van der Waals surface area (Å²) in [5, 5.41) is 0. The lowest BCUT2D eigenvalue weighted by atomic mass is 9.96. The molecule has 0 aliphatic heterocycles. The van der Waals surface area contributed by atoms with Crippen LogP contribution >= 0.6 is 15.9 Å². The first-order valence-electron chi connectivity index (χ1n) is 10.7. The van der Waals surface area contributed by atoms with Gasteiger partial charge in [0.05, 0.1) is 5.69 Å². The van der Waals surface area contributed by atoms with Crippen LogP contribution in [0.2, 0.25) is 0 Å². The Bertz CT molecular complexity index is 1360. The van der Waals surface area contributed by atoms with Gasteiger partial charge in [0, 0.05) is 16.2 Å². The molecule has 0 aliphatic rings. The van der Waals surface area contributed by atoms with E-state index >= 15 is 0 Å². The van der Waals surface area contributed by atoms with Crippen molar-refractivity contribution in [3.63, 3.8) is 0 Å². The predicted molar refractivity (Wildman–Crippen MR) is 138 cm³/mol. The summed E-state index contributed by atoms with van der Waals surface area (Å²) in [5.74, 6) is 0. The Morgan fingerprint density at radius 2 is 1.06 bits per heavy atom. The summed E-state index contributed by atoms with van der Waals surface area (Å²) in [5.41, 5.74) is 10.5. The molecule has 0 atom stereocenters. The van der Waals surface area contributed by atoms with Gasteiger partial charge in [-0.15, -0.1) is 0 Å². The molecule has 0 aliphatic carbocycles. The van der Waals surface area contributed by atoms with Crippen molar-refractivity contribution in [2.24, 2.45) is 0 Å². The SMILES string of the molecule is Cc1cnc(-c2cc(Br)cc(-c3ccccc3)c2)cc1-c1ccc(-c2ccccc2)cc1. The fourth-order valence-corrected chi connectivity index (χ4v) is 4.49. The minimum atomic E-state index is 0.969. The number of benzene rings is 4. The summed E-state index contributed by atoms with van der Waals surface area (Å²) in [6, 6.07) is 38.4. The second kappa shape index (κ2) is 8.94. The van der Waals surface area contributed by atoms with E-state index in [1.165, 1.54) is 38.9 Å². The molecule has 5 aromatic rings. The van der Waals surface area contributed by atoms with Crippen LogP contribution in [0.1, 0.15) is 5.56 Å². The quantitative estimate of drug-likeness (QED) is 0.253. The summed E-state index contributed by atoms with van der Waals surface area (Å²) in [6.07, 6.45) is 1.97. The topological polar surface area (TPSA) is 12.9 Å². The average molecular weight is 476 g/mol. The van der Waals surface area contributed by atoms with Crippen LogP contribution in [-0.4, -0.2) is 4.98 Å². The van der Waals surface area contributed by atoms with Gasteiger partial charge in [-0.2, -0.15) is 0 Å². The Kier molecular flexibility index (Phi) is 5.70. The molecule has 154 valence electrons. The molecule has 0 bridgehead atoms. The normalized spacial score (nSPS) is 10.8. The van der Waals surface area contributed by atoms with E-state index < -0.39 is 0 Å². The highest BCUT2D eigenvalue weighted by molar-refractivity contribution is 9.10. The van der Waals surface area contributed by atoms with Crippen molar-refractivity contribution in [2.75, 3.05) is 0 Å². The van der Waals surface area contributed by atoms with Crippen molar-refractivity contribution in [1.29, 1.82) is 0 Å². The third kappa shape index (κ3) is 4.28. The molecule has 1 heterocycles. The Hall–Kier alpha value is -3.49. The van der Waals surface area contributed by atoms with Crippen molar-refractivity contribution < 1.29 is 0 Å². The highest BCUT2D eigenvalue weighted by atomic mass is 79.9. The van der Waals surface area contributed by atoms with Gasteiger partial charge in [0.15, 0.2) is 0 Å². The molecule has 0 saturated heterocycles. The molecule has 0 spiro atoms. The van der Waals surface area contributed by atoms with E-state index in [-0.39, 0.29) is 0 Å². The van der Waals surface area contributed by atoms with Crippen LogP contribution in [0.25, 0.3) is 44.6 Å². The minimum absolute atomic E-state index is 0.969. The van der Waals surface area contributed by atoms with Crippen molar-refractivity contribution in [3.05, 3.63) is 125 Å². The first-order valence-corrected chi connectivity index (χ1v) is 11.5. The van der Waals surface area contributed by atoms with Crippen LogP contribution in [0.4, 0.5) is 0 Å². The number of aryl methyl sites for hydroxylation is 1. The zero-order chi connectivity index (χ0) is 21.9. The van der Waals surface area contributed by atoms with E-state index in [2.05, 4.69) is 120 Å². The van der Waals surface area contributed by atoms with Crippen LogP contribution < -0.4 is 0 Å². The third-order valence-corrected chi connectivity index (χ3v) is 6.16. The maximum absolute atomic E-state index is 4.75. The zero-order valence-corrected chi connectivity index (χ0v) is 19.4. The lowest BCUT2D eigenvalue weighted by molar-refractivity contribution is 1.27. The highest BCUT2D eigenvalue weighted by Crippen LogP contribution is 2.33. The number of halogens is 1. The van der Waals surface area contributed by atoms with Crippen molar-refractivity contribution in [1.82, 2.24) is 4.98 Å². The molecule has 5 rings (SSSR count). The molecule has 2 heteroatoms. The number of pyridine rings is 1. The molecule has 0 radical (unpaired) electrons. The number of hydrogen-bond acceptors (Lipinski definition) is 1. The Labute approximate surface area is 197 Å². The van der Waals surface area contributed by atoms with Crippen LogP contribution in [0.5, 0.6) is 0 Å². The van der Waals surface area contributed by atoms with E-state index in [1.807, 2.05) is 18.3 Å². The Morgan fingerprint density at radius 1 is 0.531 bits per heavy atom. The van der Waals surface area contributed by atoms with Gasteiger partial charge in [0.1, 0.15) is 0 Å². The Morgan fingerprint density at radius 3 is 1.72 bits per heavy atom. The summed E-state index contributed by atoms with van der Waals surface area (Å²) in [7, 11) is 0. The van der Waals surface area contributed by atoms with Crippen molar-refractivity contribution in [2.45, 2.75) is 6.92 Å². The molecular weight excluding hydrogens is 454 g/mol. The lowest BCUT2D eigenvalue weighted by Gasteiger charge is -2.12. The molecule has 32 heavy (non-hydrogen) atoms. The number of rotatable bonds is 4. The number of aromatic nitrogens is 1. The average Bonchev–Trinajstić information content (AvgIpc) is 2.85. The number of hydrogen-bond donors (Lipinski definition) is 0. The minimum Gasteiger partial charge on any atom is -0.256 e. The fraction of sp³-hybridized carbons (Fsp3) is 0.0333. The van der Waals surface area contributed by atoms with Gasteiger partial charge < -0.3 is 0 Å². The molecule has 0 N–H and O–H groups in total. The summed E-state index contributed by atoms with van der Waals surface area (Å²) < 4.78 is 1.05. The van der Waals surface area contributed by atoms with E-state index in [0.717, 1.165) is 15.7 Å². The molecular formula is C30H22BrN. The van der Waals surface area contributed by atoms with E-state index in [9.17, 15) is 0 Å². The molecule has 0 saturated carbocycles. The van der Waals surface area contributed by atoms with Gasteiger partial charge in [0.2, 0.25) is 0 Å². The summed E-state index contributed by atoms with van der Waals surface area (Å²) >= 11 is 3.69. The lowest BCUT2D eigenvalue weighted by Crippen LogP contribution is -1.91. The van der Waals surface area contributed by atoms with Gasteiger partial charge in [-0.1, -0.05) is 101 Å². The van der Waals surface area contributed by atoms with E-state index in [4.69, 9.17) is 4.98 Å². The molecule has 0 fully saturated rings. The molecule has 4 aromatic carbocycles. The first kappa shape index (κ1) is 20.4. The Balaban J connectivity index is 1.53. The smallest absolute Gasteiger partial charge is 0.0708 e. The second-order valence-corrected chi connectivity index (χ2v) is 8.84. The van der Waals surface area contributed by atoms with Crippen molar-refractivity contribution in [3.8, 4) is 44.6 Å². The monoisotopic (exact) mass is 475 g/mol. The van der Waals surface area contributed by atoms with Gasteiger partial charge in [-0.25, -0.2) is 0 Å². The van der Waals surface area contributed by atoms with Gasteiger partial charge in [-0.3, -0.25) is 4.98 Å². The van der Waals surface area contributed by atoms with Crippen molar-refractivity contribution >= 4 is 15.9 Å². The second-order valence-electron chi connectivity index (χ2n) is 7.92. The molecule has 1 aromatic heterocycles. The predicted octanol–water partition coefficient (Wildman–Crippen LogP) is 8.82. The maximum Gasteiger partial charge on any atom is 0.0708 e. The van der Waals surface area contributed by atoms with E-state index in [0.29, 0.717) is 0 Å². The first-order chi connectivity index (χ1) is 15.7. The van der Waals surface area contributed by atoms with Crippen LogP contribution in [0, 0.1) is 6.92 Å². The van der Waals surface area contributed by atoms with E-state index in [1.54, 1.807) is 0 Å². The highest BCUT2D eigenvalue weighted by Gasteiger charge is 2.10. The zero-order valence-electron chi connectivity index (χ0n) is 17.8. The van der Waals surface area contributed by atoms with Crippen LogP contribution in [0.15, 0.2) is 120 Å². The van der Waals surface area contributed by atoms with Crippen LogP contribution in [-0.2, 0) is 0 Å². The summed E-state index contributed by atoms with van der Waals surface area (Å²) in [6.45, 7) is 2.12. The molecule has 0 unspecified atom stereocenters. The van der Waals surface area contributed by atoms with Gasteiger partial charge in [-0.05, 0) is 70.1 Å². The largest absolute Gasteiger partial charge is 0.256 e. The van der Waals surface area contributed by atoms with Crippen LogP contribution in [0.3, 0.4) is 0 Å². The van der Waals surface area contributed by atoms with Gasteiger partial charge >= 0.3 is 0 Å². The maximum atomic E-state index is 4.75. The molecule has 0 amide bonds. The summed E-state index contributed by atoms with van der Waals surface area (Å²) in [4.78, 5) is 4.75. The number of nitrogens with zero attached hydrogens (tertiary/aromatic N) is 1.